The van der Waals surface area contributed by atoms with E-state index in [1.54, 1.807) is 0 Å². The summed E-state index contributed by atoms with van der Waals surface area (Å²) in [4.78, 5) is 51.4. The fraction of sp³-hybridized carbons (Fsp3) is 0.448. The number of aromatic hydroxyl groups is 2. The van der Waals surface area contributed by atoms with Crippen molar-refractivity contribution in [3.63, 3.8) is 0 Å². The molecule has 2 aromatic rings. The Morgan fingerprint density at radius 3 is 2.39 bits per heavy atom. The van der Waals surface area contributed by atoms with Crippen molar-refractivity contribution < 1.29 is 58.9 Å². The molecule has 2 aliphatic carbocycles. The minimum atomic E-state index is -2.48. The van der Waals surface area contributed by atoms with E-state index in [0.29, 0.717) is 0 Å². The molecular formula is C29H29Cl2NO12. The minimum Gasteiger partial charge on any atom is -0.507 e. The fourth-order valence-electron chi connectivity index (χ4n) is 6.06. The number of fused-ring (bicyclic) bond motifs is 3. The Morgan fingerprint density at radius 2 is 1.77 bits per heavy atom. The summed E-state index contributed by atoms with van der Waals surface area (Å²) in [5.41, 5.74) is -3.66. The van der Waals surface area contributed by atoms with Crippen LogP contribution in [-0.4, -0.2) is 90.6 Å². The molecule has 1 fully saturated rings. The molecule has 0 amide bonds. The van der Waals surface area contributed by atoms with Crippen molar-refractivity contribution in [1.82, 2.24) is 5.32 Å². The second-order valence-corrected chi connectivity index (χ2v) is 12.4. The number of hydrogen-bond acceptors (Lipinski definition) is 12. The van der Waals surface area contributed by atoms with Gasteiger partial charge in [0.1, 0.15) is 22.8 Å². The number of rotatable bonds is 7. The van der Waals surface area contributed by atoms with E-state index in [4.69, 9.17) is 37.4 Å². The highest BCUT2D eigenvalue weighted by atomic mass is 35.5. The van der Waals surface area contributed by atoms with Gasteiger partial charge in [-0.05, 0) is 19.9 Å². The van der Waals surface area contributed by atoms with Gasteiger partial charge in [0.15, 0.2) is 17.9 Å². The number of nitrogens with one attached hydrogen (secondary N) is 1. The number of ketones is 3. The quantitative estimate of drug-likeness (QED) is 0.122. The zero-order valence-electron chi connectivity index (χ0n) is 23.6. The number of carbonyl (C=O) groups excluding carboxylic acids is 3. The Labute approximate surface area is 260 Å². The first-order valence-corrected chi connectivity index (χ1v) is 14.3. The van der Waals surface area contributed by atoms with Gasteiger partial charge >= 0.3 is 5.97 Å². The van der Waals surface area contributed by atoms with E-state index in [9.17, 15) is 44.7 Å². The Bertz CT molecular complexity index is 1590. The second-order valence-electron chi connectivity index (χ2n) is 11.1. The number of aliphatic carboxylic acids is 1. The van der Waals surface area contributed by atoms with Gasteiger partial charge in [-0.2, -0.15) is 0 Å². The van der Waals surface area contributed by atoms with Crippen molar-refractivity contribution in [1.29, 1.82) is 0 Å². The molecule has 0 bridgehead atoms. The van der Waals surface area contributed by atoms with Gasteiger partial charge in [-0.25, -0.2) is 4.79 Å². The summed E-state index contributed by atoms with van der Waals surface area (Å²) in [7, 11) is 1.30. The maximum Gasteiger partial charge on any atom is 0.355 e. The lowest BCUT2D eigenvalue weighted by Gasteiger charge is -2.43. The van der Waals surface area contributed by atoms with Gasteiger partial charge in [0.2, 0.25) is 5.78 Å². The first-order chi connectivity index (χ1) is 20.5. The Kier molecular flexibility index (Phi) is 8.21. The van der Waals surface area contributed by atoms with Gasteiger partial charge < -0.3 is 39.7 Å². The highest BCUT2D eigenvalue weighted by Gasteiger charge is 2.50. The van der Waals surface area contributed by atoms with Crippen LogP contribution >= 0.6 is 23.2 Å². The molecule has 3 aliphatic rings. The van der Waals surface area contributed by atoms with Crippen LogP contribution in [0, 0.1) is 0 Å². The van der Waals surface area contributed by atoms with Gasteiger partial charge in [-0.1, -0.05) is 35.3 Å². The number of phenolic OH excluding ortho intramolecular Hbond substituents is 2. The molecule has 15 heteroatoms. The molecule has 1 heterocycles. The summed E-state index contributed by atoms with van der Waals surface area (Å²) in [6, 6.07) is 3.24. The molecule has 236 valence electrons. The standard InChI is InChI=1S/C29H29Cl2NO12/c1-10-22(34)14(32-29(30,31)27(39)40)7-17(43-10)44-16-9-28(41,11(2)33)8-13-19(16)26(38)21-20(24(13)36)23(35)12-5-4-6-15(42-3)18(12)25(21)37/h4-6,10,14,16-17,22,32,34,36,38,41H,7-9H2,1-3H3,(H,39,40)/t10?,14?,16-,17?,22?,28-/m0/s1. The average molecular weight is 654 g/mol. The largest absolute Gasteiger partial charge is 0.507 e. The van der Waals surface area contributed by atoms with Crippen LogP contribution in [0.25, 0.3) is 0 Å². The zero-order valence-corrected chi connectivity index (χ0v) is 25.1. The maximum absolute atomic E-state index is 13.8. The molecule has 6 N–H and O–H groups in total. The number of benzene rings is 2. The number of ether oxygens (including phenoxy) is 3. The number of carbonyl (C=O) groups is 4. The number of aliphatic hydroxyl groups is 2. The van der Waals surface area contributed by atoms with Crippen LogP contribution in [0.3, 0.4) is 0 Å². The smallest absolute Gasteiger partial charge is 0.355 e. The summed E-state index contributed by atoms with van der Waals surface area (Å²) < 4.78 is 14.7. The summed E-state index contributed by atoms with van der Waals surface area (Å²) in [5.74, 6) is -5.26. The third kappa shape index (κ3) is 5.11. The van der Waals surface area contributed by atoms with Crippen molar-refractivity contribution in [3.8, 4) is 17.2 Å². The number of carboxylic acid groups (broad SMARTS) is 1. The fourth-order valence-corrected chi connectivity index (χ4v) is 6.34. The number of hydrogen-bond donors (Lipinski definition) is 6. The molecule has 2 aromatic carbocycles. The maximum atomic E-state index is 13.8. The molecule has 0 spiro atoms. The zero-order chi connectivity index (χ0) is 32.5. The minimum absolute atomic E-state index is 0.0691. The molecule has 1 saturated heterocycles. The predicted molar refractivity (Wildman–Crippen MR) is 151 cm³/mol. The molecule has 44 heavy (non-hydrogen) atoms. The molecule has 0 radical (unpaired) electrons. The number of carboxylic acids is 1. The van der Waals surface area contributed by atoms with Crippen LogP contribution in [0.15, 0.2) is 18.2 Å². The highest BCUT2D eigenvalue weighted by molar-refractivity contribution is 6.56. The van der Waals surface area contributed by atoms with E-state index in [0.717, 1.165) is 6.92 Å². The molecule has 5 rings (SSSR count). The van der Waals surface area contributed by atoms with E-state index < -0.39 is 99.5 Å². The van der Waals surface area contributed by atoms with Gasteiger partial charge in [0.05, 0.1) is 42.1 Å². The van der Waals surface area contributed by atoms with Crippen LogP contribution in [0.5, 0.6) is 17.2 Å². The topological polar surface area (TPSA) is 209 Å². The molecule has 0 aromatic heterocycles. The summed E-state index contributed by atoms with van der Waals surface area (Å²) in [5, 5.41) is 56.7. The normalized spacial score (nSPS) is 28.1. The van der Waals surface area contributed by atoms with Crippen LogP contribution in [0.1, 0.15) is 75.8 Å². The number of alkyl halides is 2. The lowest BCUT2D eigenvalue weighted by Crippen LogP contribution is -2.59. The summed E-state index contributed by atoms with van der Waals surface area (Å²) in [6.07, 6.45) is -6.15. The van der Waals surface area contributed by atoms with Crippen LogP contribution in [-0.2, 0) is 25.5 Å². The van der Waals surface area contributed by atoms with E-state index in [1.807, 2.05) is 0 Å². The van der Waals surface area contributed by atoms with E-state index >= 15 is 0 Å². The SMILES string of the molecule is COc1cccc2c1C(=O)c1c(O)c3c(c(O)c1C2=O)C[C@@](O)(C(C)=O)C[C@@H]3OC1CC(NC(Cl)(Cl)C(=O)O)C(O)C(C)O1. The number of halogens is 2. The average Bonchev–Trinajstić information content (AvgIpc) is 2.95. The number of methoxy groups -OCH3 is 1. The van der Waals surface area contributed by atoms with Crippen molar-refractivity contribution in [2.75, 3.05) is 7.11 Å². The van der Waals surface area contributed by atoms with Crippen molar-refractivity contribution in [2.45, 2.75) is 73.8 Å². The van der Waals surface area contributed by atoms with Gasteiger partial charge in [0.25, 0.3) is 4.46 Å². The van der Waals surface area contributed by atoms with E-state index in [2.05, 4.69) is 5.32 Å². The van der Waals surface area contributed by atoms with E-state index in [1.165, 1.54) is 32.2 Å². The molecule has 1 aliphatic heterocycles. The third-order valence-corrected chi connectivity index (χ3v) is 8.93. The summed E-state index contributed by atoms with van der Waals surface area (Å²) >= 11 is 11.7. The van der Waals surface area contributed by atoms with E-state index in [-0.39, 0.29) is 34.4 Å². The number of aliphatic hydroxyl groups excluding tert-OH is 1. The molecule has 13 nitrogen and oxygen atoms in total. The molecule has 6 atom stereocenters. The van der Waals surface area contributed by atoms with Crippen molar-refractivity contribution in [3.05, 3.63) is 51.6 Å². The monoisotopic (exact) mass is 653 g/mol. The molecule has 4 unspecified atom stereocenters. The Balaban J connectivity index is 1.61. The highest BCUT2D eigenvalue weighted by Crippen LogP contribution is 2.52. The lowest BCUT2D eigenvalue weighted by molar-refractivity contribution is -0.250. The van der Waals surface area contributed by atoms with Crippen molar-refractivity contribution in [2.24, 2.45) is 0 Å². The van der Waals surface area contributed by atoms with Crippen LogP contribution in [0.2, 0.25) is 0 Å². The predicted octanol–water partition coefficient (Wildman–Crippen LogP) is 1.88. The summed E-state index contributed by atoms with van der Waals surface area (Å²) in [6.45, 7) is 2.59. The Hall–Kier alpha value is -3.30. The van der Waals surface area contributed by atoms with Gasteiger partial charge in [-0.15, -0.1) is 0 Å². The van der Waals surface area contributed by atoms with Crippen LogP contribution < -0.4 is 10.1 Å². The van der Waals surface area contributed by atoms with Crippen molar-refractivity contribution >= 4 is 46.5 Å². The molecule has 0 saturated carbocycles. The third-order valence-electron chi connectivity index (χ3n) is 8.39. The number of phenols is 2. The Morgan fingerprint density at radius 1 is 1.11 bits per heavy atom. The second kappa shape index (κ2) is 11.2. The van der Waals surface area contributed by atoms with Gasteiger partial charge in [0, 0.05) is 42.0 Å². The first kappa shape index (κ1) is 32.1. The number of Topliss-reactive ketones (excluding diaryl/α,β-unsaturated/α-hetero) is 1. The van der Waals surface area contributed by atoms with Gasteiger partial charge in [-0.3, -0.25) is 19.7 Å². The lowest BCUT2D eigenvalue weighted by atomic mass is 9.72. The molecular weight excluding hydrogens is 625 g/mol. The first-order valence-electron chi connectivity index (χ1n) is 13.5. The van der Waals surface area contributed by atoms with Crippen LogP contribution in [0.4, 0.5) is 0 Å².